The van der Waals surface area contributed by atoms with E-state index in [2.05, 4.69) is 30.2 Å². The van der Waals surface area contributed by atoms with Gasteiger partial charge >= 0.3 is 0 Å². The molecule has 0 radical (unpaired) electrons. The van der Waals surface area contributed by atoms with Crippen molar-refractivity contribution in [2.24, 2.45) is 5.73 Å². The van der Waals surface area contributed by atoms with Gasteiger partial charge in [-0.15, -0.1) is 11.3 Å². The standard InChI is InChI=1S/C16H21FN2S/c1-12(2)19(11-15-4-3-7-20-15)10-14-8-13(9-18)5-6-16(14)17/h3-8,12H,9-11,18H2,1-2H3. The molecule has 1 heterocycles. The molecule has 2 nitrogen and oxygen atoms in total. The third kappa shape index (κ3) is 3.88. The van der Waals surface area contributed by atoms with E-state index in [4.69, 9.17) is 5.73 Å². The van der Waals surface area contributed by atoms with Gasteiger partial charge < -0.3 is 5.73 Å². The maximum Gasteiger partial charge on any atom is 0.127 e. The monoisotopic (exact) mass is 292 g/mol. The van der Waals surface area contributed by atoms with Gasteiger partial charge in [0.05, 0.1) is 0 Å². The molecular formula is C16H21FN2S. The first kappa shape index (κ1) is 15.2. The smallest absolute Gasteiger partial charge is 0.127 e. The summed E-state index contributed by atoms with van der Waals surface area (Å²) in [6.07, 6.45) is 0. The van der Waals surface area contributed by atoms with Crippen LogP contribution in [0.3, 0.4) is 0 Å². The Bertz CT molecular complexity index is 537. The molecule has 1 aromatic carbocycles. The van der Waals surface area contributed by atoms with Crippen LogP contribution in [0.1, 0.15) is 29.9 Å². The molecule has 0 aliphatic carbocycles. The van der Waals surface area contributed by atoms with Gasteiger partial charge in [-0.2, -0.15) is 0 Å². The molecule has 2 aromatic rings. The van der Waals surface area contributed by atoms with E-state index < -0.39 is 0 Å². The predicted octanol–water partition coefficient (Wildman–Crippen LogP) is 3.76. The summed E-state index contributed by atoms with van der Waals surface area (Å²) >= 11 is 1.74. The summed E-state index contributed by atoms with van der Waals surface area (Å²) in [6.45, 7) is 6.17. The van der Waals surface area contributed by atoms with Crippen molar-refractivity contribution in [3.05, 3.63) is 57.5 Å². The zero-order chi connectivity index (χ0) is 14.5. The van der Waals surface area contributed by atoms with E-state index in [-0.39, 0.29) is 5.82 Å². The Hall–Kier alpha value is -1.23. The van der Waals surface area contributed by atoms with Crippen LogP contribution in [-0.4, -0.2) is 10.9 Å². The molecule has 4 heteroatoms. The molecule has 0 fully saturated rings. The number of benzene rings is 1. The number of thiophene rings is 1. The first-order valence-corrected chi connectivity index (χ1v) is 7.72. The fraction of sp³-hybridized carbons (Fsp3) is 0.375. The number of nitrogens with zero attached hydrogens (tertiary/aromatic N) is 1. The molecule has 0 bridgehead atoms. The van der Waals surface area contributed by atoms with Crippen LogP contribution in [0.15, 0.2) is 35.7 Å². The Balaban J connectivity index is 2.15. The minimum absolute atomic E-state index is 0.154. The minimum atomic E-state index is -0.154. The van der Waals surface area contributed by atoms with Crippen molar-refractivity contribution in [2.45, 2.75) is 39.5 Å². The summed E-state index contributed by atoms with van der Waals surface area (Å²) < 4.78 is 13.9. The number of nitrogens with two attached hydrogens (primary N) is 1. The van der Waals surface area contributed by atoms with Gasteiger partial charge in [0.25, 0.3) is 0 Å². The summed E-state index contributed by atoms with van der Waals surface area (Å²) in [7, 11) is 0. The van der Waals surface area contributed by atoms with Gasteiger partial charge in [0, 0.05) is 36.1 Å². The first-order valence-electron chi connectivity index (χ1n) is 6.84. The van der Waals surface area contributed by atoms with Crippen molar-refractivity contribution in [1.82, 2.24) is 4.90 Å². The Morgan fingerprint density at radius 2 is 2.05 bits per heavy atom. The highest BCUT2D eigenvalue weighted by atomic mass is 32.1. The summed E-state index contributed by atoms with van der Waals surface area (Å²) in [6, 6.07) is 9.66. The average molecular weight is 292 g/mol. The molecule has 0 atom stereocenters. The summed E-state index contributed by atoms with van der Waals surface area (Å²) in [5, 5.41) is 2.07. The van der Waals surface area contributed by atoms with Crippen molar-refractivity contribution < 1.29 is 4.39 Å². The lowest BCUT2D eigenvalue weighted by atomic mass is 10.1. The van der Waals surface area contributed by atoms with Crippen LogP contribution < -0.4 is 5.73 Å². The number of rotatable bonds is 6. The van der Waals surface area contributed by atoms with Crippen molar-refractivity contribution in [1.29, 1.82) is 0 Å². The fourth-order valence-electron chi connectivity index (χ4n) is 2.12. The Kier molecular flexibility index (Phi) is 5.29. The highest BCUT2D eigenvalue weighted by Gasteiger charge is 2.14. The molecule has 20 heavy (non-hydrogen) atoms. The van der Waals surface area contributed by atoms with E-state index in [1.807, 2.05) is 12.1 Å². The van der Waals surface area contributed by atoms with Gasteiger partial charge in [-0.25, -0.2) is 4.39 Å². The molecule has 0 aliphatic heterocycles. The largest absolute Gasteiger partial charge is 0.326 e. The molecule has 2 N–H and O–H groups in total. The molecule has 0 saturated heterocycles. The van der Waals surface area contributed by atoms with E-state index in [1.165, 1.54) is 10.9 Å². The van der Waals surface area contributed by atoms with Gasteiger partial charge in [0.2, 0.25) is 0 Å². The second-order valence-electron chi connectivity index (χ2n) is 5.21. The van der Waals surface area contributed by atoms with Gasteiger partial charge in [-0.3, -0.25) is 4.90 Å². The number of hydrogen-bond donors (Lipinski definition) is 1. The van der Waals surface area contributed by atoms with E-state index in [0.717, 1.165) is 17.7 Å². The molecule has 0 amide bonds. The van der Waals surface area contributed by atoms with Crippen molar-refractivity contribution in [3.8, 4) is 0 Å². The SMILES string of the molecule is CC(C)N(Cc1cccs1)Cc1cc(CN)ccc1F. The van der Waals surface area contributed by atoms with Crippen LogP contribution >= 0.6 is 11.3 Å². The summed E-state index contributed by atoms with van der Waals surface area (Å²) in [5.41, 5.74) is 7.33. The fourth-order valence-corrected chi connectivity index (χ4v) is 2.85. The third-order valence-electron chi connectivity index (χ3n) is 3.39. The molecule has 108 valence electrons. The van der Waals surface area contributed by atoms with E-state index in [1.54, 1.807) is 17.4 Å². The third-order valence-corrected chi connectivity index (χ3v) is 4.25. The van der Waals surface area contributed by atoms with Crippen LogP contribution in [-0.2, 0) is 19.6 Å². The van der Waals surface area contributed by atoms with E-state index in [0.29, 0.717) is 19.1 Å². The average Bonchev–Trinajstić information content (AvgIpc) is 2.93. The van der Waals surface area contributed by atoms with Crippen molar-refractivity contribution in [3.63, 3.8) is 0 Å². The van der Waals surface area contributed by atoms with Crippen LogP contribution in [0.5, 0.6) is 0 Å². The Morgan fingerprint density at radius 3 is 2.65 bits per heavy atom. The van der Waals surface area contributed by atoms with E-state index in [9.17, 15) is 4.39 Å². The van der Waals surface area contributed by atoms with E-state index >= 15 is 0 Å². The lowest BCUT2D eigenvalue weighted by Gasteiger charge is -2.26. The quantitative estimate of drug-likeness (QED) is 0.878. The normalized spacial score (nSPS) is 11.5. The number of hydrogen-bond acceptors (Lipinski definition) is 3. The summed E-state index contributed by atoms with van der Waals surface area (Å²) in [4.78, 5) is 3.57. The molecule has 1 aromatic heterocycles. The Labute approximate surface area is 124 Å². The molecule has 0 unspecified atom stereocenters. The lowest BCUT2D eigenvalue weighted by molar-refractivity contribution is 0.203. The minimum Gasteiger partial charge on any atom is -0.326 e. The van der Waals surface area contributed by atoms with Crippen LogP contribution in [0, 0.1) is 5.82 Å². The van der Waals surface area contributed by atoms with Gasteiger partial charge in [-0.05, 0) is 36.9 Å². The maximum absolute atomic E-state index is 13.9. The predicted molar refractivity (Wildman–Crippen MR) is 83.0 cm³/mol. The highest BCUT2D eigenvalue weighted by molar-refractivity contribution is 7.09. The molecular weight excluding hydrogens is 271 g/mol. The van der Waals surface area contributed by atoms with Crippen molar-refractivity contribution >= 4 is 11.3 Å². The molecule has 0 saturated carbocycles. The maximum atomic E-state index is 13.9. The van der Waals surface area contributed by atoms with Crippen LogP contribution in [0.2, 0.25) is 0 Å². The number of halogens is 1. The Morgan fingerprint density at radius 1 is 1.25 bits per heavy atom. The van der Waals surface area contributed by atoms with Gasteiger partial charge in [0.15, 0.2) is 0 Å². The summed E-state index contributed by atoms with van der Waals surface area (Å²) in [5.74, 6) is -0.154. The topological polar surface area (TPSA) is 29.3 Å². The van der Waals surface area contributed by atoms with Crippen molar-refractivity contribution in [2.75, 3.05) is 0 Å². The zero-order valence-corrected chi connectivity index (χ0v) is 12.8. The lowest BCUT2D eigenvalue weighted by Crippen LogP contribution is -2.30. The first-order chi connectivity index (χ1) is 9.60. The molecule has 0 spiro atoms. The second-order valence-corrected chi connectivity index (χ2v) is 6.24. The molecule has 2 rings (SSSR count). The van der Waals surface area contributed by atoms with Gasteiger partial charge in [-0.1, -0.05) is 18.2 Å². The molecule has 0 aliphatic rings. The van der Waals surface area contributed by atoms with Crippen LogP contribution in [0.4, 0.5) is 4.39 Å². The zero-order valence-electron chi connectivity index (χ0n) is 12.0. The second kappa shape index (κ2) is 6.97. The van der Waals surface area contributed by atoms with Crippen LogP contribution in [0.25, 0.3) is 0 Å². The van der Waals surface area contributed by atoms with Gasteiger partial charge in [0.1, 0.15) is 5.82 Å². The highest BCUT2D eigenvalue weighted by Crippen LogP contribution is 2.19.